The van der Waals surface area contributed by atoms with Gasteiger partial charge in [-0.1, -0.05) is 13.3 Å². The lowest BCUT2D eigenvalue weighted by atomic mass is 9.76. The van der Waals surface area contributed by atoms with Crippen molar-refractivity contribution < 1.29 is 4.74 Å². The largest absolute Gasteiger partial charge is 0.477 e. The molecule has 2 N–H and O–H groups in total. The van der Waals surface area contributed by atoms with E-state index in [1.54, 1.807) is 6.20 Å². The van der Waals surface area contributed by atoms with Gasteiger partial charge in [-0.3, -0.25) is 4.68 Å². The summed E-state index contributed by atoms with van der Waals surface area (Å²) in [6.07, 6.45) is 9.50. The van der Waals surface area contributed by atoms with Gasteiger partial charge in [0.2, 0.25) is 5.88 Å². The summed E-state index contributed by atoms with van der Waals surface area (Å²) in [6.45, 7) is 2.75. The first-order chi connectivity index (χ1) is 12.2. The van der Waals surface area contributed by atoms with Crippen molar-refractivity contribution in [2.24, 2.45) is 11.3 Å². The topological polar surface area (TPSA) is 89.8 Å². The molecule has 2 heterocycles. The number of rotatable bonds is 5. The molecule has 6 heteroatoms. The lowest BCUT2D eigenvalue weighted by Gasteiger charge is -2.33. The van der Waals surface area contributed by atoms with Gasteiger partial charge in [0, 0.05) is 6.20 Å². The fraction of sp³-hybridized carbons (Fsp3) is 0.632. The highest BCUT2D eigenvalue weighted by molar-refractivity contribution is 5.93. The monoisotopic (exact) mass is 339 g/mol. The third-order valence-corrected chi connectivity index (χ3v) is 5.87. The van der Waals surface area contributed by atoms with Gasteiger partial charge in [0.25, 0.3) is 0 Å². The van der Waals surface area contributed by atoms with Crippen LogP contribution in [0.1, 0.15) is 57.9 Å². The number of nitrogens with two attached hydrogens (primary N) is 1. The molecule has 2 fully saturated rings. The Kier molecular flexibility index (Phi) is 4.03. The molecule has 2 saturated carbocycles. The van der Waals surface area contributed by atoms with Crippen LogP contribution < -0.4 is 10.5 Å². The van der Waals surface area contributed by atoms with Crippen LogP contribution in [0.25, 0.3) is 10.9 Å². The molecule has 6 nitrogen and oxygen atoms in total. The van der Waals surface area contributed by atoms with E-state index in [0.717, 1.165) is 36.6 Å². The van der Waals surface area contributed by atoms with Crippen molar-refractivity contribution in [2.45, 2.75) is 57.9 Å². The van der Waals surface area contributed by atoms with Crippen LogP contribution in [0.2, 0.25) is 0 Å². The zero-order valence-electron chi connectivity index (χ0n) is 14.7. The van der Waals surface area contributed by atoms with E-state index >= 15 is 0 Å². The highest BCUT2D eigenvalue weighted by atomic mass is 16.5. The van der Waals surface area contributed by atoms with Crippen LogP contribution in [0, 0.1) is 22.7 Å². The van der Waals surface area contributed by atoms with E-state index in [1.807, 2.05) is 10.7 Å². The van der Waals surface area contributed by atoms with Crippen LogP contribution in [0.4, 0.5) is 5.82 Å². The summed E-state index contributed by atoms with van der Waals surface area (Å²) < 4.78 is 7.79. The van der Waals surface area contributed by atoms with Crippen molar-refractivity contribution >= 4 is 16.7 Å². The van der Waals surface area contributed by atoms with E-state index in [9.17, 15) is 5.26 Å². The van der Waals surface area contributed by atoms with Gasteiger partial charge < -0.3 is 10.5 Å². The van der Waals surface area contributed by atoms with Gasteiger partial charge in [-0.15, -0.1) is 0 Å². The van der Waals surface area contributed by atoms with Crippen molar-refractivity contribution in [2.75, 3.05) is 12.3 Å². The predicted molar refractivity (Wildman–Crippen MR) is 96.0 cm³/mol. The van der Waals surface area contributed by atoms with E-state index in [-0.39, 0.29) is 12.0 Å². The molecule has 2 aliphatic rings. The molecular weight excluding hydrogens is 314 g/mol. The quantitative estimate of drug-likeness (QED) is 0.836. The Labute approximate surface area is 148 Å². The zero-order chi connectivity index (χ0) is 17.4. The van der Waals surface area contributed by atoms with Crippen molar-refractivity contribution in [3.05, 3.63) is 12.3 Å². The van der Waals surface area contributed by atoms with Crippen LogP contribution in [0.5, 0.6) is 5.88 Å². The Morgan fingerprint density at radius 2 is 2.28 bits per heavy atom. The average molecular weight is 339 g/mol. The molecular formula is C19H25N5O. The molecule has 25 heavy (non-hydrogen) atoms. The predicted octanol–water partition coefficient (Wildman–Crippen LogP) is 3.84. The second-order valence-electron chi connectivity index (χ2n) is 7.59. The summed E-state index contributed by atoms with van der Waals surface area (Å²) in [5.74, 6) is 0.993. The second-order valence-corrected chi connectivity index (χ2v) is 7.59. The number of hydrogen-bond acceptors (Lipinski definition) is 5. The van der Waals surface area contributed by atoms with E-state index in [2.05, 4.69) is 23.1 Å². The smallest absolute Gasteiger partial charge is 0.226 e. The van der Waals surface area contributed by atoms with Crippen molar-refractivity contribution in [3.63, 3.8) is 0 Å². The molecule has 0 aliphatic heterocycles. The lowest BCUT2D eigenvalue weighted by molar-refractivity contribution is 0.200. The van der Waals surface area contributed by atoms with E-state index < -0.39 is 0 Å². The van der Waals surface area contributed by atoms with Crippen molar-refractivity contribution in [3.8, 4) is 11.9 Å². The number of aromatic nitrogens is 3. The van der Waals surface area contributed by atoms with Gasteiger partial charge in [-0.05, 0) is 50.0 Å². The third-order valence-electron chi connectivity index (χ3n) is 5.87. The summed E-state index contributed by atoms with van der Waals surface area (Å²) in [7, 11) is 0. The summed E-state index contributed by atoms with van der Waals surface area (Å²) in [4.78, 5) is 4.35. The first-order valence-electron chi connectivity index (χ1n) is 9.32. The minimum Gasteiger partial charge on any atom is -0.477 e. The SMILES string of the molecule is CCCCOc1nccc2c1c(N)nn2[C@H]1CCC2(CC2)C[C@@H]1C#N. The highest BCUT2D eigenvalue weighted by Gasteiger charge is 2.49. The summed E-state index contributed by atoms with van der Waals surface area (Å²) in [5.41, 5.74) is 7.58. The van der Waals surface area contributed by atoms with Gasteiger partial charge in [-0.2, -0.15) is 10.4 Å². The van der Waals surface area contributed by atoms with Crippen LogP contribution >= 0.6 is 0 Å². The molecule has 0 radical (unpaired) electrons. The molecule has 2 aliphatic carbocycles. The maximum atomic E-state index is 9.70. The number of hydrogen-bond donors (Lipinski definition) is 1. The minimum absolute atomic E-state index is 0.00336. The van der Waals surface area contributed by atoms with Crippen LogP contribution in [-0.2, 0) is 0 Å². The molecule has 0 bridgehead atoms. The Bertz CT molecular complexity index is 817. The maximum absolute atomic E-state index is 9.70. The van der Waals surface area contributed by atoms with Crippen LogP contribution in [0.3, 0.4) is 0 Å². The fourth-order valence-electron chi connectivity index (χ4n) is 4.18. The highest BCUT2D eigenvalue weighted by Crippen LogP contribution is 2.59. The first kappa shape index (κ1) is 16.2. The van der Waals surface area contributed by atoms with E-state index in [1.165, 1.54) is 19.3 Å². The fourth-order valence-corrected chi connectivity index (χ4v) is 4.18. The number of unbranched alkanes of at least 4 members (excludes halogenated alkanes) is 1. The third kappa shape index (κ3) is 2.82. The molecule has 0 aromatic carbocycles. The minimum atomic E-state index is -0.00336. The summed E-state index contributed by atoms with van der Waals surface area (Å²) in [5, 5.41) is 15.1. The summed E-state index contributed by atoms with van der Waals surface area (Å²) >= 11 is 0. The molecule has 2 atom stereocenters. The molecule has 0 saturated heterocycles. The molecule has 132 valence electrons. The molecule has 2 aromatic rings. The van der Waals surface area contributed by atoms with Gasteiger partial charge >= 0.3 is 0 Å². The average Bonchev–Trinajstić information content (AvgIpc) is 3.29. The molecule has 4 rings (SSSR count). The lowest BCUT2D eigenvalue weighted by Crippen LogP contribution is -2.28. The Morgan fingerprint density at radius 1 is 1.44 bits per heavy atom. The van der Waals surface area contributed by atoms with Gasteiger partial charge in [-0.25, -0.2) is 4.98 Å². The number of nitrogen functional groups attached to an aromatic ring is 1. The standard InChI is InChI=1S/C19H25N5O/c1-2-3-10-25-18-16-15(5-9-22-18)24(23-17(16)21)14-4-6-19(7-8-19)11-13(14)12-20/h5,9,13-14H,2-4,6-8,10-11H2,1H3,(H2,21,23)/t13-,14+/m1/s1. The van der Waals surface area contributed by atoms with E-state index in [0.29, 0.717) is 23.7 Å². The molecule has 0 amide bonds. The Hall–Kier alpha value is -2.29. The van der Waals surface area contributed by atoms with Crippen LogP contribution in [-0.4, -0.2) is 21.4 Å². The number of anilines is 1. The van der Waals surface area contributed by atoms with E-state index in [4.69, 9.17) is 10.5 Å². The first-order valence-corrected chi connectivity index (χ1v) is 9.32. The van der Waals surface area contributed by atoms with Crippen molar-refractivity contribution in [1.29, 1.82) is 5.26 Å². The Morgan fingerprint density at radius 3 is 3.00 bits per heavy atom. The normalized spacial score (nSPS) is 24.3. The Balaban J connectivity index is 1.68. The molecule has 1 spiro atoms. The molecule has 2 aromatic heterocycles. The van der Waals surface area contributed by atoms with Gasteiger partial charge in [0.1, 0.15) is 5.39 Å². The van der Waals surface area contributed by atoms with Crippen LogP contribution in [0.15, 0.2) is 12.3 Å². The van der Waals surface area contributed by atoms with Crippen molar-refractivity contribution in [1.82, 2.24) is 14.8 Å². The van der Waals surface area contributed by atoms with Gasteiger partial charge in [0.15, 0.2) is 5.82 Å². The maximum Gasteiger partial charge on any atom is 0.226 e. The number of pyridine rings is 1. The number of nitriles is 1. The second kappa shape index (κ2) is 6.21. The number of fused-ring (bicyclic) bond motifs is 1. The molecule has 0 unspecified atom stereocenters. The number of nitrogens with zero attached hydrogens (tertiary/aromatic N) is 4. The number of ether oxygens (including phenoxy) is 1. The van der Waals surface area contributed by atoms with Gasteiger partial charge in [0.05, 0.1) is 30.2 Å². The zero-order valence-corrected chi connectivity index (χ0v) is 14.7. The summed E-state index contributed by atoms with van der Waals surface area (Å²) in [6, 6.07) is 4.55.